The number of thiazole rings is 1. The second kappa shape index (κ2) is 6.27. The summed E-state index contributed by atoms with van der Waals surface area (Å²) in [5, 5.41) is 5.80. The van der Waals surface area contributed by atoms with E-state index in [2.05, 4.69) is 41.3 Å². The van der Waals surface area contributed by atoms with Crippen molar-refractivity contribution in [1.82, 2.24) is 14.7 Å². The van der Waals surface area contributed by atoms with Crippen LogP contribution in [0, 0.1) is 11.8 Å². The molecule has 20 heavy (non-hydrogen) atoms. The Morgan fingerprint density at radius 3 is 2.90 bits per heavy atom. The number of rotatable bonds is 5. The zero-order valence-electron chi connectivity index (χ0n) is 12.5. The molecule has 1 aliphatic carbocycles. The van der Waals surface area contributed by atoms with Gasteiger partial charge in [0.15, 0.2) is 4.96 Å². The number of hydrogen-bond acceptors (Lipinski definition) is 3. The molecule has 0 spiro atoms. The number of nitrogens with one attached hydrogen (secondary N) is 1. The molecule has 1 N–H and O–H groups in total. The van der Waals surface area contributed by atoms with Gasteiger partial charge in [-0.15, -0.1) is 11.3 Å². The summed E-state index contributed by atoms with van der Waals surface area (Å²) in [5.41, 5.74) is 1.24. The lowest BCUT2D eigenvalue weighted by atomic mass is 9.78. The van der Waals surface area contributed by atoms with Crippen LogP contribution in [0.25, 0.3) is 4.96 Å². The van der Waals surface area contributed by atoms with Crippen LogP contribution >= 0.6 is 11.3 Å². The maximum absolute atomic E-state index is 4.75. The average Bonchev–Trinajstić information content (AvgIpc) is 3.00. The van der Waals surface area contributed by atoms with Crippen LogP contribution in [0.5, 0.6) is 0 Å². The summed E-state index contributed by atoms with van der Waals surface area (Å²) in [6, 6.07) is 0.595. The van der Waals surface area contributed by atoms with E-state index in [0.717, 1.165) is 29.8 Å². The Bertz CT molecular complexity index is 508. The van der Waals surface area contributed by atoms with Crippen molar-refractivity contribution in [3.8, 4) is 0 Å². The molecule has 1 atom stereocenters. The third-order valence-electron chi connectivity index (χ3n) is 4.67. The predicted octanol–water partition coefficient (Wildman–Crippen LogP) is 3.74. The molecule has 0 amide bonds. The SMILES string of the molecule is CCNC(Cc1cn2ccsc2n1)C1CCC(C)CC1. The fraction of sp³-hybridized carbons (Fsp3) is 0.688. The quantitative estimate of drug-likeness (QED) is 0.909. The molecule has 0 radical (unpaired) electrons. The first-order valence-electron chi connectivity index (χ1n) is 7.90. The molecule has 2 heterocycles. The van der Waals surface area contributed by atoms with Crippen LogP contribution in [-0.2, 0) is 6.42 Å². The van der Waals surface area contributed by atoms with E-state index >= 15 is 0 Å². The topological polar surface area (TPSA) is 29.3 Å². The van der Waals surface area contributed by atoms with E-state index in [9.17, 15) is 0 Å². The highest BCUT2D eigenvalue weighted by Gasteiger charge is 2.26. The van der Waals surface area contributed by atoms with Gasteiger partial charge in [0, 0.05) is 30.2 Å². The number of aromatic nitrogens is 2. The van der Waals surface area contributed by atoms with E-state index in [1.54, 1.807) is 11.3 Å². The van der Waals surface area contributed by atoms with Crippen LogP contribution in [0.1, 0.15) is 45.2 Å². The smallest absolute Gasteiger partial charge is 0.193 e. The van der Waals surface area contributed by atoms with Gasteiger partial charge in [-0.05, 0) is 31.2 Å². The number of likely N-dealkylation sites (N-methyl/N-ethyl adjacent to an activating group) is 1. The van der Waals surface area contributed by atoms with Crippen molar-refractivity contribution in [3.05, 3.63) is 23.5 Å². The Hall–Kier alpha value is -0.870. The summed E-state index contributed by atoms with van der Waals surface area (Å²) in [4.78, 5) is 5.86. The molecule has 1 aliphatic rings. The lowest BCUT2D eigenvalue weighted by Crippen LogP contribution is -2.39. The first-order chi connectivity index (χ1) is 9.76. The van der Waals surface area contributed by atoms with Gasteiger partial charge in [-0.1, -0.05) is 26.7 Å². The second-order valence-electron chi connectivity index (χ2n) is 6.21. The van der Waals surface area contributed by atoms with E-state index in [0.29, 0.717) is 6.04 Å². The van der Waals surface area contributed by atoms with Gasteiger partial charge in [-0.2, -0.15) is 0 Å². The first-order valence-corrected chi connectivity index (χ1v) is 8.78. The standard InChI is InChI=1S/C16H25N3S/c1-3-17-15(13-6-4-12(2)5-7-13)10-14-11-19-8-9-20-16(19)18-14/h8-9,11-13,15,17H,3-7,10H2,1-2H3. The Kier molecular flexibility index (Phi) is 4.41. The molecular weight excluding hydrogens is 266 g/mol. The third kappa shape index (κ3) is 3.07. The van der Waals surface area contributed by atoms with E-state index in [-0.39, 0.29) is 0 Å². The fourth-order valence-corrected chi connectivity index (χ4v) is 4.17. The van der Waals surface area contributed by atoms with E-state index in [4.69, 9.17) is 4.98 Å². The van der Waals surface area contributed by atoms with Crippen molar-refractivity contribution in [2.75, 3.05) is 6.54 Å². The third-order valence-corrected chi connectivity index (χ3v) is 5.44. The van der Waals surface area contributed by atoms with Gasteiger partial charge >= 0.3 is 0 Å². The molecule has 3 rings (SSSR count). The van der Waals surface area contributed by atoms with Gasteiger partial charge in [-0.25, -0.2) is 4.98 Å². The van der Waals surface area contributed by atoms with Crippen molar-refractivity contribution in [2.24, 2.45) is 11.8 Å². The highest BCUT2D eigenvalue weighted by atomic mass is 32.1. The summed E-state index contributed by atoms with van der Waals surface area (Å²) < 4.78 is 2.14. The van der Waals surface area contributed by atoms with Gasteiger partial charge in [0.2, 0.25) is 0 Å². The number of hydrogen-bond donors (Lipinski definition) is 1. The Morgan fingerprint density at radius 2 is 2.20 bits per heavy atom. The molecule has 0 aromatic carbocycles. The van der Waals surface area contributed by atoms with Crippen LogP contribution in [0.4, 0.5) is 0 Å². The zero-order chi connectivity index (χ0) is 13.9. The highest BCUT2D eigenvalue weighted by molar-refractivity contribution is 7.15. The summed E-state index contributed by atoms with van der Waals surface area (Å²) in [5.74, 6) is 1.75. The molecule has 110 valence electrons. The molecule has 0 saturated heterocycles. The minimum atomic E-state index is 0.595. The van der Waals surface area contributed by atoms with Gasteiger partial charge in [-0.3, -0.25) is 4.40 Å². The van der Waals surface area contributed by atoms with Gasteiger partial charge in [0.25, 0.3) is 0 Å². The second-order valence-corrected chi connectivity index (χ2v) is 7.09. The lowest BCUT2D eigenvalue weighted by molar-refractivity contribution is 0.230. The summed E-state index contributed by atoms with van der Waals surface area (Å²) in [6.07, 6.45) is 10.9. The van der Waals surface area contributed by atoms with Crippen LogP contribution in [0.15, 0.2) is 17.8 Å². The Morgan fingerprint density at radius 1 is 1.40 bits per heavy atom. The fourth-order valence-electron chi connectivity index (χ4n) is 3.46. The number of fused-ring (bicyclic) bond motifs is 1. The molecule has 3 nitrogen and oxygen atoms in total. The van der Waals surface area contributed by atoms with Crippen molar-refractivity contribution >= 4 is 16.3 Å². The van der Waals surface area contributed by atoms with Gasteiger partial charge < -0.3 is 5.32 Å². The summed E-state index contributed by atoms with van der Waals surface area (Å²) in [6.45, 7) is 5.66. The Balaban J connectivity index is 1.68. The molecule has 4 heteroatoms. The minimum Gasteiger partial charge on any atom is -0.314 e. The normalized spacial score (nSPS) is 25.1. The van der Waals surface area contributed by atoms with E-state index < -0.39 is 0 Å². The largest absolute Gasteiger partial charge is 0.314 e. The molecular formula is C16H25N3S. The first kappa shape index (κ1) is 14.1. The maximum Gasteiger partial charge on any atom is 0.193 e. The summed E-state index contributed by atoms with van der Waals surface area (Å²) in [7, 11) is 0. The monoisotopic (exact) mass is 291 g/mol. The average molecular weight is 291 g/mol. The predicted molar refractivity (Wildman–Crippen MR) is 85.4 cm³/mol. The van der Waals surface area contributed by atoms with E-state index in [1.165, 1.54) is 31.4 Å². The molecule has 0 aliphatic heterocycles. The van der Waals surface area contributed by atoms with Crippen LogP contribution in [0.3, 0.4) is 0 Å². The van der Waals surface area contributed by atoms with Crippen molar-refractivity contribution in [2.45, 2.75) is 52.0 Å². The van der Waals surface area contributed by atoms with E-state index in [1.807, 2.05) is 0 Å². The summed E-state index contributed by atoms with van der Waals surface area (Å²) >= 11 is 1.72. The van der Waals surface area contributed by atoms with Crippen molar-refractivity contribution in [3.63, 3.8) is 0 Å². The molecule has 0 bridgehead atoms. The van der Waals surface area contributed by atoms with Crippen LogP contribution in [0.2, 0.25) is 0 Å². The van der Waals surface area contributed by atoms with Crippen molar-refractivity contribution < 1.29 is 0 Å². The van der Waals surface area contributed by atoms with Gasteiger partial charge in [0.05, 0.1) is 5.69 Å². The molecule has 1 unspecified atom stereocenters. The van der Waals surface area contributed by atoms with Crippen LogP contribution in [-0.4, -0.2) is 22.0 Å². The van der Waals surface area contributed by atoms with Crippen LogP contribution < -0.4 is 5.32 Å². The molecule has 2 aromatic heterocycles. The highest BCUT2D eigenvalue weighted by Crippen LogP contribution is 2.31. The molecule has 1 saturated carbocycles. The number of imidazole rings is 1. The van der Waals surface area contributed by atoms with Crippen molar-refractivity contribution in [1.29, 1.82) is 0 Å². The lowest BCUT2D eigenvalue weighted by Gasteiger charge is -2.33. The van der Waals surface area contributed by atoms with Gasteiger partial charge in [0.1, 0.15) is 0 Å². The number of nitrogens with zero attached hydrogens (tertiary/aromatic N) is 2. The zero-order valence-corrected chi connectivity index (χ0v) is 13.3. The minimum absolute atomic E-state index is 0.595. The maximum atomic E-state index is 4.75. The molecule has 1 fully saturated rings. The Labute approximate surface area is 125 Å². The molecule has 2 aromatic rings.